The number of hydrogen-bond donors (Lipinski definition) is 0. The van der Waals surface area contributed by atoms with Gasteiger partial charge in [-0.25, -0.2) is 9.97 Å². The normalized spacial score (nSPS) is 15.6. The summed E-state index contributed by atoms with van der Waals surface area (Å²) in [7, 11) is 0. The van der Waals surface area contributed by atoms with Crippen LogP contribution in [-0.2, 0) is 9.53 Å². The van der Waals surface area contributed by atoms with E-state index < -0.39 is 11.7 Å². The van der Waals surface area contributed by atoms with Crippen LogP contribution in [0.3, 0.4) is 0 Å². The van der Waals surface area contributed by atoms with Gasteiger partial charge in [0.1, 0.15) is 22.6 Å². The SMILES string of the molecule is CC(=O)[C@@H](OC(C)(C)C)c1c(C)cc2nc(-c3cccc(N4CCN(C(C)C)CC4)n3)sc2c1-c1ccc(Cl)cc1. The first-order valence-corrected chi connectivity index (χ1v) is 15.5. The minimum Gasteiger partial charge on any atom is -0.360 e. The largest absolute Gasteiger partial charge is 0.360 e. The van der Waals surface area contributed by atoms with Crippen LogP contribution in [0, 0.1) is 6.92 Å². The van der Waals surface area contributed by atoms with E-state index in [1.54, 1.807) is 18.3 Å². The van der Waals surface area contributed by atoms with Gasteiger partial charge in [0.15, 0.2) is 5.78 Å². The Balaban J connectivity index is 1.62. The molecule has 2 aromatic carbocycles. The summed E-state index contributed by atoms with van der Waals surface area (Å²) in [4.78, 5) is 28.0. The van der Waals surface area contributed by atoms with Crippen LogP contribution in [-0.4, -0.2) is 58.5 Å². The highest BCUT2D eigenvalue weighted by Crippen LogP contribution is 2.44. The van der Waals surface area contributed by atoms with Gasteiger partial charge >= 0.3 is 0 Å². The number of halogens is 1. The maximum Gasteiger partial charge on any atom is 0.163 e. The second-order valence-electron chi connectivity index (χ2n) is 12.1. The van der Waals surface area contributed by atoms with Crippen LogP contribution in [0.1, 0.15) is 58.8 Å². The molecular formula is C33H39ClN4O2S. The van der Waals surface area contributed by atoms with Crippen LogP contribution in [0.15, 0.2) is 48.5 Å². The monoisotopic (exact) mass is 590 g/mol. The third-order valence-electron chi connectivity index (χ3n) is 7.49. The minimum atomic E-state index is -0.707. The van der Waals surface area contributed by atoms with Crippen molar-refractivity contribution in [1.29, 1.82) is 0 Å². The Bertz CT molecular complexity index is 1550. The molecule has 1 fully saturated rings. The van der Waals surface area contributed by atoms with Crippen molar-refractivity contribution in [2.45, 2.75) is 66.2 Å². The zero-order valence-corrected chi connectivity index (χ0v) is 26.6. The van der Waals surface area contributed by atoms with E-state index in [0.717, 1.165) is 75.2 Å². The Hall–Kier alpha value is -2.84. The fourth-order valence-corrected chi connectivity index (χ4v) is 6.67. The van der Waals surface area contributed by atoms with Gasteiger partial charge in [-0.15, -0.1) is 11.3 Å². The average molecular weight is 591 g/mol. The Morgan fingerprint density at radius 1 is 1.02 bits per heavy atom. The topological polar surface area (TPSA) is 58.6 Å². The van der Waals surface area contributed by atoms with Crippen molar-refractivity contribution in [1.82, 2.24) is 14.9 Å². The molecule has 0 aliphatic carbocycles. The van der Waals surface area contributed by atoms with Crippen LogP contribution in [0.2, 0.25) is 5.02 Å². The Kier molecular flexibility index (Phi) is 8.53. The summed E-state index contributed by atoms with van der Waals surface area (Å²) >= 11 is 7.88. The number of benzene rings is 2. The molecule has 1 aliphatic rings. The van der Waals surface area contributed by atoms with Crippen LogP contribution < -0.4 is 4.90 Å². The number of aryl methyl sites for hydroxylation is 1. The van der Waals surface area contributed by atoms with Crippen molar-refractivity contribution < 1.29 is 9.53 Å². The molecule has 0 unspecified atom stereocenters. The number of ether oxygens (including phenoxy) is 1. The molecule has 5 rings (SSSR count). The summed E-state index contributed by atoms with van der Waals surface area (Å²) in [6.45, 7) is 18.0. The number of anilines is 1. The molecule has 8 heteroatoms. The standard InChI is InChI=1S/C33H39ClN4O2S/c1-20(2)37-15-17-38(18-16-37)27-10-8-9-25(35-27)32-36-26-19-21(3)28(30(22(4)39)40-33(5,6)7)29(31(26)41-32)23-11-13-24(34)14-12-23/h8-14,19-20,30H,15-18H2,1-7H3/t30-/m1/s1. The van der Waals surface area contributed by atoms with Gasteiger partial charge in [0.2, 0.25) is 0 Å². The van der Waals surface area contributed by atoms with E-state index in [1.165, 1.54) is 0 Å². The number of carbonyl (C=O) groups excluding carboxylic acids is 1. The average Bonchev–Trinajstić information content (AvgIpc) is 3.35. The van der Waals surface area contributed by atoms with Gasteiger partial charge in [-0.1, -0.05) is 29.8 Å². The quantitative estimate of drug-likeness (QED) is 0.218. The molecule has 0 N–H and O–H groups in total. The third-order valence-corrected chi connectivity index (χ3v) is 8.85. The van der Waals surface area contributed by atoms with Crippen LogP contribution >= 0.6 is 22.9 Å². The molecule has 0 spiro atoms. The van der Waals surface area contributed by atoms with Crippen molar-refractivity contribution in [3.8, 4) is 21.8 Å². The minimum absolute atomic E-state index is 0.0331. The van der Waals surface area contributed by atoms with Crippen molar-refractivity contribution >= 4 is 44.8 Å². The van der Waals surface area contributed by atoms with Crippen LogP contribution in [0.5, 0.6) is 0 Å². The molecule has 0 amide bonds. The van der Waals surface area contributed by atoms with Gasteiger partial charge < -0.3 is 9.64 Å². The molecule has 1 atom stereocenters. The first-order valence-electron chi connectivity index (χ1n) is 14.3. The van der Waals surface area contributed by atoms with E-state index >= 15 is 0 Å². The molecule has 4 aromatic rings. The van der Waals surface area contributed by atoms with E-state index in [1.807, 2.05) is 58.0 Å². The van der Waals surface area contributed by atoms with E-state index in [4.69, 9.17) is 26.3 Å². The zero-order chi connectivity index (χ0) is 29.5. The number of fused-ring (bicyclic) bond motifs is 1. The number of aromatic nitrogens is 2. The van der Waals surface area contributed by atoms with Crippen molar-refractivity contribution in [2.75, 3.05) is 31.1 Å². The van der Waals surface area contributed by atoms with Gasteiger partial charge in [-0.3, -0.25) is 9.69 Å². The highest BCUT2D eigenvalue weighted by atomic mass is 35.5. The lowest BCUT2D eigenvalue weighted by molar-refractivity contribution is -0.138. The van der Waals surface area contributed by atoms with Gasteiger partial charge in [-0.2, -0.15) is 0 Å². The zero-order valence-electron chi connectivity index (χ0n) is 25.0. The predicted molar refractivity (Wildman–Crippen MR) is 171 cm³/mol. The van der Waals surface area contributed by atoms with Crippen molar-refractivity contribution in [3.63, 3.8) is 0 Å². The maximum atomic E-state index is 13.0. The molecule has 0 bridgehead atoms. The molecule has 1 aliphatic heterocycles. The number of nitrogens with zero attached hydrogens (tertiary/aromatic N) is 4. The predicted octanol–water partition coefficient (Wildman–Crippen LogP) is 7.96. The summed E-state index contributed by atoms with van der Waals surface area (Å²) < 4.78 is 7.39. The molecule has 0 radical (unpaired) electrons. The van der Waals surface area contributed by atoms with E-state index in [9.17, 15) is 4.79 Å². The van der Waals surface area contributed by atoms with E-state index in [-0.39, 0.29) is 5.78 Å². The molecule has 1 saturated heterocycles. The lowest BCUT2D eigenvalue weighted by Crippen LogP contribution is -2.49. The summed E-state index contributed by atoms with van der Waals surface area (Å²) in [5, 5.41) is 1.51. The first kappa shape index (κ1) is 29.6. The number of Topliss-reactive ketones (excluding diaryl/α,β-unsaturated/α-hetero) is 1. The molecule has 41 heavy (non-hydrogen) atoms. The summed E-state index contributed by atoms with van der Waals surface area (Å²) in [6, 6.07) is 16.6. The molecule has 0 saturated carbocycles. The lowest BCUT2D eigenvalue weighted by atomic mass is 9.90. The Labute approximate surface area is 252 Å². The van der Waals surface area contributed by atoms with Gasteiger partial charge in [0.25, 0.3) is 0 Å². The fourth-order valence-electron chi connectivity index (χ4n) is 5.45. The second kappa shape index (κ2) is 11.8. The van der Waals surface area contributed by atoms with E-state index in [2.05, 4.69) is 41.8 Å². The number of piperazine rings is 1. The highest BCUT2D eigenvalue weighted by molar-refractivity contribution is 7.22. The summed E-state index contributed by atoms with van der Waals surface area (Å²) in [5.41, 5.74) is 5.01. The first-order chi connectivity index (χ1) is 19.4. The number of ketones is 1. The maximum absolute atomic E-state index is 13.0. The fraction of sp³-hybridized carbons (Fsp3) is 0.424. The molecule has 3 heterocycles. The molecule has 2 aromatic heterocycles. The molecule has 216 valence electrons. The Morgan fingerprint density at radius 3 is 2.32 bits per heavy atom. The molecule has 6 nitrogen and oxygen atoms in total. The lowest BCUT2D eigenvalue weighted by Gasteiger charge is -2.37. The van der Waals surface area contributed by atoms with Gasteiger partial charge in [-0.05, 0) is 89.9 Å². The van der Waals surface area contributed by atoms with Crippen LogP contribution in [0.25, 0.3) is 32.0 Å². The number of thiazole rings is 1. The second-order valence-corrected chi connectivity index (χ2v) is 13.5. The summed E-state index contributed by atoms with van der Waals surface area (Å²) in [6.07, 6.45) is -0.707. The van der Waals surface area contributed by atoms with Gasteiger partial charge in [0, 0.05) is 48.4 Å². The van der Waals surface area contributed by atoms with E-state index in [0.29, 0.717) is 11.1 Å². The molecular weight excluding hydrogens is 552 g/mol. The number of carbonyl (C=O) groups is 1. The smallest absolute Gasteiger partial charge is 0.163 e. The highest BCUT2D eigenvalue weighted by Gasteiger charge is 2.30. The van der Waals surface area contributed by atoms with Crippen LogP contribution in [0.4, 0.5) is 5.82 Å². The van der Waals surface area contributed by atoms with Crippen molar-refractivity contribution in [3.05, 3.63) is 64.7 Å². The summed E-state index contributed by atoms with van der Waals surface area (Å²) in [5.74, 6) is 0.949. The third kappa shape index (κ3) is 6.49. The number of pyridine rings is 1. The van der Waals surface area contributed by atoms with Gasteiger partial charge in [0.05, 0.1) is 15.8 Å². The number of hydrogen-bond acceptors (Lipinski definition) is 7. The van der Waals surface area contributed by atoms with Crippen molar-refractivity contribution in [2.24, 2.45) is 0 Å². The Morgan fingerprint density at radius 2 is 1.71 bits per heavy atom. The number of rotatable bonds is 7.